The summed E-state index contributed by atoms with van der Waals surface area (Å²) < 4.78 is 5.10. The number of nitrogens with one attached hydrogen (secondary N) is 2. The van der Waals surface area contributed by atoms with Gasteiger partial charge in [0, 0.05) is 37.3 Å². The summed E-state index contributed by atoms with van der Waals surface area (Å²) in [5.74, 6) is -1.88. The number of carboxylic acid groups (broad SMARTS) is 1. The molecule has 2 rings (SSSR count). The first-order valence-corrected chi connectivity index (χ1v) is 24.3. The van der Waals surface area contributed by atoms with Crippen molar-refractivity contribution in [3.63, 3.8) is 0 Å². The van der Waals surface area contributed by atoms with Gasteiger partial charge in [0.25, 0.3) is 0 Å². The van der Waals surface area contributed by atoms with Gasteiger partial charge < -0.3 is 35.8 Å². The van der Waals surface area contributed by atoms with Gasteiger partial charge in [-0.1, -0.05) is 94.2 Å². The molecule has 2 heterocycles. The molecule has 0 saturated carbocycles. The molecule has 0 aliphatic carbocycles. The zero-order valence-electron chi connectivity index (χ0n) is 44.4. The minimum Gasteiger partial charge on any atom is -0.870 e. The van der Waals surface area contributed by atoms with Crippen molar-refractivity contribution in [1.82, 2.24) is 30.2 Å². The molecule has 2 aliphatic rings. The van der Waals surface area contributed by atoms with Crippen molar-refractivity contribution in [3.8, 4) is 0 Å². The van der Waals surface area contributed by atoms with Gasteiger partial charge in [-0.2, -0.15) is 0 Å². The second-order valence-electron chi connectivity index (χ2n) is 19.6. The Kier molecular flexibility index (Phi) is 31.2. The monoisotopic (exact) mass is 927 g/mol. The second-order valence-corrected chi connectivity index (χ2v) is 19.6. The van der Waals surface area contributed by atoms with Gasteiger partial charge in [-0.05, 0) is 110 Å². The van der Waals surface area contributed by atoms with Gasteiger partial charge in [0.15, 0.2) is 0 Å². The van der Waals surface area contributed by atoms with Crippen LogP contribution in [0.15, 0.2) is 23.3 Å². The van der Waals surface area contributed by atoms with E-state index in [4.69, 9.17) is 4.74 Å². The van der Waals surface area contributed by atoms with Crippen LogP contribution in [-0.2, 0) is 33.5 Å². The van der Waals surface area contributed by atoms with Crippen molar-refractivity contribution < 1.29 is 62.9 Å². The van der Waals surface area contributed by atoms with Crippen LogP contribution in [0.4, 0.5) is 0 Å². The Bertz CT molecular complexity index is 1590. The van der Waals surface area contributed by atoms with Gasteiger partial charge in [0.05, 0.1) is 30.8 Å². The third-order valence-corrected chi connectivity index (χ3v) is 13.2. The maximum Gasteiger partial charge on any atom is 1.00 e. The minimum absolute atomic E-state index is 0. The molecule has 15 nitrogen and oxygen atoms in total. The van der Waals surface area contributed by atoms with Gasteiger partial charge in [0.1, 0.15) is 12.1 Å². The summed E-state index contributed by atoms with van der Waals surface area (Å²) in [5, 5.41) is 15.4. The van der Waals surface area contributed by atoms with E-state index < -0.39 is 18.1 Å². The summed E-state index contributed by atoms with van der Waals surface area (Å²) in [6, 6.07) is -1.68. The Morgan fingerprint density at radius 2 is 0.970 bits per heavy atom. The topological polar surface area (TPSA) is 199 Å². The minimum atomic E-state index is -0.998. The van der Waals surface area contributed by atoms with Crippen LogP contribution in [0.25, 0.3) is 0 Å². The number of ether oxygens (including phenoxy) is 1. The molecule has 0 radical (unpaired) electrons. The van der Waals surface area contributed by atoms with E-state index in [9.17, 15) is 33.9 Å². The van der Waals surface area contributed by atoms with Crippen LogP contribution in [0.2, 0.25) is 0 Å². The van der Waals surface area contributed by atoms with Crippen LogP contribution in [0.5, 0.6) is 0 Å². The number of amides is 4. The molecule has 16 heteroatoms. The zero-order chi connectivity index (χ0) is 49.2. The SMILES string of the molecule is CCC(C)N1CCCCC1C(=O)N[C@H](C(=O)N(C)[C@H](/C=C(\C)C(=O)O)C(C)C)C(C)C.CCOC(=O)/C(C)=C/[C@H](C(C)C)N(C)C(=O)[C@@H](NC(=O)C1CCCCN1C(C)CC)C(C)C.[Li+].[OH-]. The number of likely N-dealkylation sites (N-methyl/N-ethyl adjacent to an activating group) is 2. The third kappa shape index (κ3) is 19.4. The van der Waals surface area contributed by atoms with Crippen molar-refractivity contribution in [2.75, 3.05) is 33.8 Å². The maximum absolute atomic E-state index is 13.5. The molecule has 0 aromatic heterocycles. The summed E-state index contributed by atoms with van der Waals surface area (Å²) in [6.07, 6.45) is 11.2. The first-order valence-electron chi connectivity index (χ1n) is 24.3. The Morgan fingerprint density at radius 3 is 1.26 bits per heavy atom. The average Bonchev–Trinajstić information content (AvgIpc) is 3.26. The number of carboxylic acids is 1. The van der Waals surface area contributed by atoms with Crippen molar-refractivity contribution in [2.24, 2.45) is 23.7 Å². The molecule has 4 N–H and O–H groups in total. The molecule has 4 amide bonds. The van der Waals surface area contributed by atoms with E-state index in [0.717, 1.165) is 64.5 Å². The number of esters is 1. The van der Waals surface area contributed by atoms with Crippen LogP contribution in [0, 0.1) is 23.7 Å². The molecule has 8 atom stereocenters. The standard InChI is InChI=1S/C26H47N3O4.C24H43N3O4.Li.H2O/c1-10-20(8)29-15-13-12-14-21(29)24(30)27-23(18(5)6)25(31)28(9)22(17(3)4)16-19(7)26(32)33-11-2;1-9-18(7)27-13-11-10-12-19(27)22(28)25-21(16(4)5)23(29)26(8)20(15(2)3)14-17(6)24(30)31;;/h16-18,20-23H,10-15H2,1-9H3,(H,27,30);14-16,18-21H,9-13H2,1-8H3,(H,25,28)(H,30,31);;1H2/q;;+1;/p-1/b19-16+;17-14+;;/t20?,21?,22-,23+;18?,19?,20-,21+;;/m11../s1. The van der Waals surface area contributed by atoms with Crippen LogP contribution < -0.4 is 29.5 Å². The van der Waals surface area contributed by atoms with Crippen LogP contribution in [0.3, 0.4) is 0 Å². The van der Waals surface area contributed by atoms with E-state index >= 15 is 0 Å². The van der Waals surface area contributed by atoms with Crippen LogP contribution in [0.1, 0.15) is 155 Å². The van der Waals surface area contributed by atoms with E-state index in [1.54, 1.807) is 49.9 Å². The summed E-state index contributed by atoms with van der Waals surface area (Å²) in [7, 11) is 3.43. The smallest absolute Gasteiger partial charge is 0.870 e. The fraction of sp³-hybridized carbons (Fsp3) is 0.800. The van der Waals surface area contributed by atoms with Crippen molar-refractivity contribution >= 4 is 35.6 Å². The number of piperidine rings is 2. The van der Waals surface area contributed by atoms with Gasteiger partial charge in [-0.15, -0.1) is 0 Å². The number of nitrogens with zero attached hydrogens (tertiary/aromatic N) is 4. The molecule has 2 fully saturated rings. The van der Waals surface area contributed by atoms with Crippen molar-refractivity contribution in [3.05, 3.63) is 23.3 Å². The molecular weight excluding hydrogens is 836 g/mol. The maximum atomic E-state index is 13.5. The van der Waals surface area contributed by atoms with Crippen molar-refractivity contribution in [1.29, 1.82) is 0 Å². The third-order valence-electron chi connectivity index (χ3n) is 13.2. The normalized spacial score (nSPS) is 20.0. The molecule has 2 aliphatic heterocycles. The number of hydrogen-bond acceptors (Lipinski definition) is 10. The molecule has 4 unspecified atom stereocenters. The number of carbonyl (C=O) groups is 6. The number of rotatable bonds is 21. The van der Waals surface area contributed by atoms with Crippen LogP contribution >= 0.6 is 0 Å². The second kappa shape index (κ2) is 31.8. The number of carbonyl (C=O) groups excluding carboxylic acids is 5. The largest absolute Gasteiger partial charge is 1.00 e. The summed E-state index contributed by atoms with van der Waals surface area (Å²) in [4.78, 5) is 84.7. The van der Waals surface area contributed by atoms with Gasteiger partial charge in [-0.25, -0.2) is 9.59 Å². The molecule has 0 aromatic carbocycles. The predicted molar refractivity (Wildman–Crippen MR) is 258 cm³/mol. The first kappa shape index (κ1) is 64.9. The number of aliphatic carboxylic acids is 1. The van der Waals surface area contributed by atoms with E-state index in [-0.39, 0.29) is 107 Å². The zero-order valence-corrected chi connectivity index (χ0v) is 44.4. The van der Waals surface area contributed by atoms with Crippen molar-refractivity contribution in [2.45, 2.75) is 204 Å². The fourth-order valence-electron chi connectivity index (χ4n) is 8.65. The molecule has 0 aromatic rings. The van der Waals surface area contributed by atoms with Gasteiger partial charge in [0.2, 0.25) is 23.6 Å². The van der Waals surface area contributed by atoms with Gasteiger partial charge in [-0.3, -0.25) is 29.0 Å². The summed E-state index contributed by atoms with van der Waals surface area (Å²) >= 11 is 0. The Hall–Kier alpha value is -3.22. The molecule has 0 bridgehead atoms. The van der Waals surface area contributed by atoms with E-state index in [2.05, 4.69) is 48.1 Å². The molecule has 2 saturated heterocycles. The van der Waals surface area contributed by atoms with Gasteiger partial charge >= 0.3 is 30.8 Å². The number of hydrogen-bond donors (Lipinski definition) is 3. The van der Waals surface area contributed by atoms with E-state index in [1.807, 2.05) is 55.4 Å². The molecule has 376 valence electrons. The predicted octanol–water partition coefficient (Wildman–Crippen LogP) is 3.89. The van der Waals surface area contributed by atoms with E-state index in [0.29, 0.717) is 24.3 Å². The summed E-state index contributed by atoms with van der Waals surface area (Å²) in [5.41, 5.74) is 0.682. The van der Waals surface area contributed by atoms with E-state index in [1.165, 1.54) is 6.92 Å². The Balaban J connectivity index is 0. The summed E-state index contributed by atoms with van der Waals surface area (Å²) in [6.45, 7) is 31.4. The average molecular weight is 927 g/mol. The molecule has 66 heavy (non-hydrogen) atoms. The fourth-order valence-corrected chi connectivity index (χ4v) is 8.65. The molecule has 0 spiro atoms. The first-order chi connectivity index (χ1) is 29.9. The Morgan fingerprint density at radius 1 is 0.621 bits per heavy atom. The number of likely N-dealkylation sites (tertiary alicyclic amines) is 2. The Labute approximate surface area is 411 Å². The molecular formula is C50H91LiN6O9. The van der Waals surface area contributed by atoms with Crippen LogP contribution in [-0.4, -0.2) is 148 Å². The quantitative estimate of drug-likeness (QED) is 0.0858.